The van der Waals surface area contributed by atoms with Crippen LogP contribution in [-0.2, 0) is 4.79 Å². The largest absolute Gasteiger partial charge is 0.490 e. The van der Waals surface area contributed by atoms with Gasteiger partial charge < -0.3 is 20.7 Å². The summed E-state index contributed by atoms with van der Waals surface area (Å²) < 4.78 is 31.7. The fourth-order valence-electron chi connectivity index (χ4n) is 4.02. The van der Waals surface area contributed by atoms with Gasteiger partial charge >= 0.3 is 12.1 Å². The second-order valence-electron chi connectivity index (χ2n) is 8.14. The highest BCUT2D eigenvalue weighted by Gasteiger charge is 2.38. The van der Waals surface area contributed by atoms with Crippen LogP contribution in [0.25, 0.3) is 5.57 Å². The zero-order valence-corrected chi connectivity index (χ0v) is 19.1. The SMILES string of the molecule is O=C(Nc1ccc(C2CCNCC2)cc1C1=CCCCC1)c1ncc(Cl)[nH]1.O=C(O)C(F)(F)F. The first-order valence-corrected chi connectivity index (χ1v) is 11.4. The summed E-state index contributed by atoms with van der Waals surface area (Å²) in [4.78, 5) is 28.3. The number of hydrogen-bond acceptors (Lipinski definition) is 4. The third-order valence-electron chi connectivity index (χ3n) is 5.74. The number of amides is 1. The van der Waals surface area contributed by atoms with Gasteiger partial charge in [0.2, 0.25) is 0 Å². The average Bonchev–Trinajstić information content (AvgIpc) is 3.27. The molecule has 0 bridgehead atoms. The highest BCUT2D eigenvalue weighted by Crippen LogP contribution is 2.35. The Morgan fingerprint density at radius 1 is 1.18 bits per heavy atom. The summed E-state index contributed by atoms with van der Waals surface area (Å²) in [5.74, 6) is -2.21. The lowest BCUT2D eigenvalue weighted by molar-refractivity contribution is -0.192. The van der Waals surface area contributed by atoms with Gasteiger partial charge in [-0.2, -0.15) is 13.2 Å². The number of nitrogens with one attached hydrogen (secondary N) is 3. The van der Waals surface area contributed by atoms with Gasteiger partial charge in [-0.3, -0.25) is 4.79 Å². The maximum absolute atomic E-state index is 12.6. The third-order valence-corrected chi connectivity index (χ3v) is 5.93. The summed E-state index contributed by atoms with van der Waals surface area (Å²) in [5, 5.41) is 13.9. The molecule has 34 heavy (non-hydrogen) atoms. The number of anilines is 1. The number of aromatic amines is 1. The number of halogens is 4. The van der Waals surface area contributed by atoms with E-state index < -0.39 is 12.1 Å². The first kappa shape index (κ1) is 25.8. The van der Waals surface area contributed by atoms with Crippen LogP contribution in [0.1, 0.15) is 66.2 Å². The van der Waals surface area contributed by atoms with Gasteiger partial charge in [-0.15, -0.1) is 0 Å². The molecule has 1 saturated heterocycles. The monoisotopic (exact) mass is 498 g/mol. The van der Waals surface area contributed by atoms with Gasteiger partial charge in [0.1, 0.15) is 5.15 Å². The number of allylic oxidation sites excluding steroid dienone is 2. The molecule has 1 amide bonds. The second-order valence-corrected chi connectivity index (χ2v) is 8.55. The van der Waals surface area contributed by atoms with E-state index in [2.05, 4.69) is 38.8 Å². The second kappa shape index (κ2) is 11.5. The van der Waals surface area contributed by atoms with E-state index in [9.17, 15) is 18.0 Å². The first-order chi connectivity index (χ1) is 16.1. The number of benzene rings is 1. The number of carboxylic acid groups (broad SMARTS) is 1. The molecule has 1 aromatic carbocycles. The first-order valence-electron chi connectivity index (χ1n) is 11.0. The van der Waals surface area contributed by atoms with E-state index in [1.807, 2.05) is 6.07 Å². The Balaban J connectivity index is 0.000000406. The number of imidazole rings is 1. The van der Waals surface area contributed by atoms with E-state index >= 15 is 0 Å². The van der Waals surface area contributed by atoms with Crippen LogP contribution in [0.4, 0.5) is 18.9 Å². The summed E-state index contributed by atoms with van der Waals surface area (Å²) in [6, 6.07) is 6.50. The molecule has 2 aromatic rings. The molecule has 1 aliphatic carbocycles. The molecule has 4 N–H and O–H groups in total. The number of hydrogen-bond donors (Lipinski definition) is 4. The van der Waals surface area contributed by atoms with Crippen LogP contribution in [0.3, 0.4) is 0 Å². The topological polar surface area (TPSA) is 107 Å². The molecule has 0 atom stereocenters. The molecule has 184 valence electrons. The fourth-order valence-corrected chi connectivity index (χ4v) is 4.16. The number of alkyl halides is 3. The normalized spacial score (nSPS) is 16.8. The minimum atomic E-state index is -5.08. The predicted molar refractivity (Wildman–Crippen MR) is 123 cm³/mol. The van der Waals surface area contributed by atoms with Crippen molar-refractivity contribution < 1.29 is 27.9 Å². The third kappa shape index (κ3) is 7.07. The number of nitrogens with zero attached hydrogens (tertiary/aromatic N) is 1. The number of aliphatic carboxylic acids is 1. The molecule has 1 aliphatic heterocycles. The van der Waals surface area contributed by atoms with Crippen molar-refractivity contribution in [2.75, 3.05) is 18.4 Å². The maximum Gasteiger partial charge on any atom is 0.490 e. The van der Waals surface area contributed by atoms with Crippen molar-refractivity contribution in [2.24, 2.45) is 0 Å². The van der Waals surface area contributed by atoms with Gasteiger partial charge in [0, 0.05) is 11.3 Å². The minimum absolute atomic E-state index is 0.228. The molecular formula is C23H26ClF3N4O3. The van der Waals surface area contributed by atoms with Gasteiger partial charge in [-0.25, -0.2) is 9.78 Å². The van der Waals surface area contributed by atoms with Crippen molar-refractivity contribution >= 4 is 34.7 Å². The Morgan fingerprint density at radius 3 is 2.44 bits per heavy atom. The van der Waals surface area contributed by atoms with Crippen molar-refractivity contribution in [3.63, 3.8) is 0 Å². The van der Waals surface area contributed by atoms with Crippen molar-refractivity contribution in [1.29, 1.82) is 0 Å². The van der Waals surface area contributed by atoms with Crippen LogP contribution in [0.15, 0.2) is 30.5 Å². The quantitative estimate of drug-likeness (QED) is 0.453. The van der Waals surface area contributed by atoms with Gasteiger partial charge in [0.15, 0.2) is 5.82 Å². The molecule has 0 spiro atoms. The van der Waals surface area contributed by atoms with E-state index in [4.69, 9.17) is 21.5 Å². The van der Waals surface area contributed by atoms with E-state index in [1.165, 1.54) is 30.2 Å². The minimum Gasteiger partial charge on any atom is -0.475 e. The van der Waals surface area contributed by atoms with Crippen molar-refractivity contribution in [3.05, 3.63) is 52.6 Å². The molecule has 4 rings (SSSR count). The number of aromatic nitrogens is 2. The zero-order chi connectivity index (χ0) is 24.7. The standard InChI is InChI=1S/C21H25ClN4O.C2HF3O2/c22-19-13-24-20(26-19)21(27)25-18-7-6-16(14-8-10-23-11-9-14)12-17(18)15-4-2-1-3-5-15;3-2(4,5)1(6)7/h4,6-7,12-14,23H,1-3,5,8-11H2,(H,24,26)(H,25,27);(H,6,7). The Morgan fingerprint density at radius 2 is 1.88 bits per heavy atom. The summed E-state index contributed by atoms with van der Waals surface area (Å²) >= 11 is 5.85. The number of rotatable bonds is 4. The van der Waals surface area contributed by atoms with Crippen LogP contribution in [0.2, 0.25) is 5.15 Å². The van der Waals surface area contributed by atoms with Crippen LogP contribution in [-0.4, -0.2) is 46.2 Å². The number of H-pyrrole nitrogens is 1. The molecule has 1 fully saturated rings. The van der Waals surface area contributed by atoms with Gasteiger partial charge in [0.05, 0.1) is 6.20 Å². The molecule has 0 unspecified atom stereocenters. The number of carboxylic acids is 1. The van der Waals surface area contributed by atoms with E-state index in [0.29, 0.717) is 11.1 Å². The summed E-state index contributed by atoms with van der Waals surface area (Å²) in [6.45, 7) is 2.14. The highest BCUT2D eigenvalue weighted by atomic mass is 35.5. The lowest BCUT2D eigenvalue weighted by atomic mass is 9.86. The fraction of sp³-hybridized carbons (Fsp3) is 0.435. The molecule has 2 heterocycles. The Bertz CT molecular complexity index is 1050. The lowest BCUT2D eigenvalue weighted by Gasteiger charge is -2.25. The van der Waals surface area contributed by atoms with Gasteiger partial charge in [0.25, 0.3) is 5.91 Å². The van der Waals surface area contributed by atoms with E-state index in [0.717, 1.165) is 50.0 Å². The summed E-state index contributed by atoms with van der Waals surface area (Å²) in [5.41, 5.74) is 4.71. The van der Waals surface area contributed by atoms with Crippen LogP contribution in [0.5, 0.6) is 0 Å². The molecular weight excluding hydrogens is 473 g/mol. The maximum atomic E-state index is 12.6. The number of carbonyl (C=O) groups is 2. The van der Waals surface area contributed by atoms with Crippen LogP contribution in [0, 0.1) is 0 Å². The molecule has 0 saturated carbocycles. The molecule has 11 heteroatoms. The Labute approximate surface area is 199 Å². The molecule has 1 aromatic heterocycles. The molecule has 2 aliphatic rings. The van der Waals surface area contributed by atoms with E-state index in [1.54, 1.807) is 0 Å². The molecule has 7 nitrogen and oxygen atoms in total. The Hall–Kier alpha value is -2.85. The number of carbonyl (C=O) groups excluding carboxylic acids is 1. The summed E-state index contributed by atoms with van der Waals surface area (Å²) in [6.07, 6.45) is 5.61. The van der Waals surface area contributed by atoms with Crippen LogP contribution >= 0.6 is 11.6 Å². The van der Waals surface area contributed by atoms with Crippen molar-refractivity contribution in [2.45, 2.75) is 50.6 Å². The summed E-state index contributed by atoms with van der Waals surface area (Å²) in [7, 11) is 0. The predicted octanol–water partition coefficient (Wildman–Crippen LogP) is 5.37. The highest BCUT2D eigenvalue weighted by molar-refractivity contribution is 6.29. The number of piperidine rings is 1. The average molecular weight is 499 g/mol. The smallest absolute Gasteiger partial charge is 0.475 e. The van der Waals surface area contributed by atoms with Gasteiger partial charge in [-0.1, -0.05) is 23.7 Å². The van der Waals surface area contributed by atoms with E-state index in [-0.39, 0.29) is 11.7 Å². The Kier molecular flexibility index (Phi) is 8.73. The lowest BCUT2D eigenvalue weighted by Crippen LogP contribution is -2.26. The zero-order valence-electron chi connectivity index (χ0n) is 18.3. The molecule has 0 radical (unpaired) electrons. The van der Waals surface area contributed by atoms with Crippen molar-refractivity contribution in [3.8, 4) is 0 Å². The van der Waals surface area contributed by atoms with Crippen molar-refractivity contribution in [1.82, 2.24) is 15.3 Å². The van der Waals surface area contributed by atoms with Gasteiger partial charge in [-0.05, 0) is 80.8 Å². The van der Waals surface area contributed by atoms with Crippen LogP contribution < -0.4 is 10.6 Å².